The van der Waals surface area contributed by atoms with E-state index < -0.39 is 24.0 Å². The molecule has 5 N–H and O–H groups in total. The van der Waals surface area contributed by atoms with Crippen molar-refractivity contribution in [2.24, 2.45) is 5.92 Å². The van der Waals surface area contributed by atoms with Gasteiger partial charge >= 0.3 is 5.97 Å². The Morgan fingerprint density at radius 2 is 2.08 bits per heavy atom. The van der Waals surface area contributed by atoms with Crippen LogP contribution in [0, 0.1) is 5.92 Å². The van der Waals surface area contributed by atoms with Gasteiger partial charge < -0.3 is 26.0 Å². The number of carboxylic acid groups (broad SMARTS) is 1. The number of H-pyrrole nitrogens is 1. The van der Waals surface area contributed by atoms with Gasteiger partial charge in [-0.25, -0.2) is 9.78 Å². The number of aromatic amines is 1. The minimum Gasteiger partial charge on any atom is -0.480 e. The van der Waals surface area contributed by atoms with Crippen molar-refractivity contribution in [1.29, 1.82) is 0 Å². The predicted molar refractivity (Wildman–Crippen MR) is 94.3 cm³/mol. The highest BCUT2D eigenvalue weighted by Crippen LogP contribution is 2.09. The first-order valence-electron chi connectivity index (χ1n) is 8.91. The summed E-state index contributed by atoms with van der Waals surface area (Å²) >= 11 is 0. The van der Waals surface area contributed by atoms with Gasteiger partial charge in [-0.1, -0.05) is 13.8 Å². The van der Waals surface area contributed by atoms with E-state index in [1.54, 1.807) is 0 Å². The van der Waals surface area contributed by atoms with Crippen LogP contribution < -0.4 is 16.0 Å². The highest BCUT2D eigenvalue weighted by Gasteiger charge is 2.30. The van der Waals surface area contributed by atoms with E-state index in [9.17, 15) is 19.5 Å². The lowest BCUT2D eigenvalue weighted by molar-refractivity contribution is -0.142. The maximum Gasteiger partial charge on any atom is 0.326 e. The number of imidazole rings is 1. The molecule has 9 nitrogen and oxygen atoms in total. The Morgan fingerprint density at radius 3 is 2.62 bits per heavy atom. The third-order valence-corrected chi connectivity index (χ3v) is 4.31. The van der Waals surface area contributed by atoms with E-state index in [0.29, 0.717) is 12.1 Å². The molecule has 1 saturated heterocycles. The number of carbonyl (C=O) groups excluding carboxylic acids is 2. The summed E-state index contributed by atoms with van der Waals surface area (Å²) in [5, 5.41) is 17.8. The zero-order valence-corrected chi connectivity index (χ0v) is 15.1. The molecule has 1 aromatic rings. The molecule has 0 radical (unpaired) electrons. The van der Waals surface area contributed by atoms with E-state index in [0.717, 1.165) is 19.4 Å². The van der Waals surface area contributed by atoms with Crippen LogP contribution >= 0.6 is 0 Å². The maximum atomic E-state index is 12.6. The monoisotopic (exact) mass is 365 g/mol. The molecule has 2 amide bonds. The normalized spacial score (nSPS) is 19.1. The number of carbonyl (C=O) groups is 3. The molecule has 0 spiro atoms. The number of nitrogens with one attached hydrogen (secondary N) is 4. The first-order valence-corrected chi connectivity index (χ1v) is 8.91. The van der Waals surface area contributed by atoms with Crippen molar-refractivity contribution >= 4 is 17.8 Å². The van der Waals surface area contributed by atoms with Gasteiger partial charge in [0.25, 0.3) is 0 Å². The van der Waals surface area contributed by atoms with Gasteiger partial charge in [0, 0.05) is 18.3 Å². The highest BCUT2D eigenvalue weighted by molar-refractivity contribution is 5.92. The number of hydrogen-bond acceptors (Lipinski definition) is 5. The summed E-state index contributed by atoms with van der Waals surface area (Å²) in [6, 6.07) is -2.16. The van der Waals surface area contributed by atoms with E-state index in [4.69, 9.17) is 0 Å². The number of aromatic nitrogens is 2. The number of rotatable bonds is 9. The summed E-state index contributed by atoms with van der Waals surface area (Å²) in [5.74, 6) is -1.68. The van der Waals surface area contributed by atoms with Gasteiger partial charge in [-0.3, -0.25) is 9.59 Å². The van der Waals surface area contributed by atoms with Crippen molar-refractivity contribution in [2.45, 2.75) is 57.7 Å². The second-order valence-corrected chi connectivity index (χ2v) is 7.02. The lowest BCUT2D eigenvalue weighted by atomic mass is 10.0. The second kappa shape index (κ2) is 9.33. The van der Waals surface area contributed by atoms with Gasteiger partial charge in [-0.15, -0.1) is 0 Å². The van der Waals surface area contributed by atoms with Crippen LogP contribution in [-0.4, -0.2) is 57.5 Å². The van der Waals surface area contributed by atoms with Gasteiger partial charge in [0.1, 0.15) is 12.1 Å². The molecule has 1 aliphatic rings. The number of nitrogens with zero attached hydrogens (tertiary/aromatic N) is 1. The Bertz CT molecular complexity index is 611. The van der Waals surface area contributed by atoms with E-state index in [1.807, 2.05) is 13.8 Å². The van der Waals surface area contributed by atoms with Crippen LogP contribution in [0.15, 0.2) is 12.5 Å². The van der Waals surface area contributed by atoms with Gasteiger partial charge in [0.05, 0.1) is 12.4 Å². The zero-order chi connectivity index (χ0) is 19.1. The fourth-order valence-corrected chi connectivity index (χ4v) is 2.97. The number of amides is 2. The fourth-order valence-electron chi connectivity index (χ4n) is 2.97. The van der Waals surface area contributed by atoms with Gasteiger partial charge in [0.15, 0.2) is 0 Å². The molecule has 3 atom stereocenters. The Kier molecular flexibility index (Phi) is 7.14. The smallest absolute Gasteiger partial charge is 0.326 e. The quantitative estimate of drug-likeness (QED) is 0.411. The van der Waals surface area contributed by atoms with Crippen molar-refractivity contribution < 1.29 is 19.5 Å². The molecule has 2 heterocycles. The van der Waals surface area contributed by atoms with Crippen LogP contribution in [-0.2, 0) is 20.8 Å². The minimum absolute atomic E-state index is 0.0909. The van der Waals surface area contributed by atoms with Gasteiger partial charge in [-0.2, -0.15) is 0 Å². The summed E-state index contributed by atoms with van der Waals surface area (Å²) in [6.07, 6.45) is 5.14. The molecule has 0 aromatic carbocycles. The first-order chi connectivity index (χ1) is 12.4. The molecule has 0 unspecified atom stereocenters. The number of carboxylic acids is 1. The summed E-state index contributed by atoms with van der Waals surface area (Å²) in [4.78, 5) is 43.1. The average molecular weight is 365 g/mol. The highest BCUT2D eigenvalue weighted by atomic mass is 16.4. The van der Waals surface area contributed by atoms with Crippen molar-refractivity contribution in [1.82, 2.24) is 25.9 Å². The van der Waals surface area contributed by atoms with E-state index in [1.165, 1.54) is 12.5 Å². The lowest BCUT2D eigenvalue weighted by Gasteiger charge is -2.24. The lowest BCUT2D eigenvalue weighted by Crippen LogP contribution is -2.55. The summed E-state index contributed by atoms with van der Waals surface area (Å²) in [6.45, 7) is 4.67. The molecule has 0 saturated carbocycles. The molecule has 1 fully saturated rings. The number of hydrogen-bond donors (Lipinski definition) is 5. The summed E-state index contributed by atoms with van der Waals surface area (Å²) < 4.78 is 0. The van der Waals surface area contributed by atoms with Crippen molar-refractivity contribution in [3.8, 4) is 0 Å². The van der Waals surface area contributed by atoms with Crippen LogP contribution in [0.2, 0.25) is 0 Å². The van der Waals surface area contributed by atoms with Gasteiger partial charge in [0.2, 0.25) is 11.8 Å². The molecule has 0 bridgehead atoms. The Hall–Kier alpha value is -2.42. The third kappa shape index (κ3) is 5.83. The molecule has 1 aromatic heterocycles. The Labute approximate surface area is 152 Å². The standard InChI is InChI=1S/C17H27N5O4/c1-10(2)6-13(21-15(23)12-4-3-5-19-12)16(24)22-14(17(25)26)7-11-8-18-9-20-11/h8-10,12-14,19H,3-7H2,1-2H3,(H,18,20)(H,21,23)(H,22,24)(H,25,26)/t12-,13-,14-/m0/s1. The SMILES string of the molecule is CC(C)C[C@H](NC(=O)[C@@H]1CCCN1)C(=O)N[C@@H](Cc1cnc[nH]1)C(=O)O. The molecule has 0 aliphatic carbocycles. The van der Waals surface area contributed by atoms with Gasteiger partial charge in [-0.05, 0) is 31.7 Å². The van der Waals surface area contributed by atoms with Crippen molar-refractivity contribution in [2.75, 3.05) is 6.54 Å². The molecule has 1 aliphatic heterocycles. The largest absolute Gasteiger partial charge is 0.480 e. The van der Waals surface area contributed by atoms with E-state index >= 15 is 0 Å². The molecular formula is C17H27N5O4. The van der Waals surface area contributed by atoms with E-state index in [-0.39, 0.29) is 24.3 Å². The fraction of sp³-hybridized carbons (Fsp3) is 0.647. The van der Waals surface area contributed by atoms with Crippen LogP contribution in [0.3, 0.4) is 0 Å². The molecular weight excluding hydrogens is 338 g/mol. The summed E-state index contributed by atoms with van der Waals surface area (Å²) in [7, 11) is 0. The maximum absolute atomic E-state index is 12.6. The third-order valence-electron chi connectivity index (χ3n) is 4.31. The molecule has 9 heteroatoms. The van der Waals surface area contributed by atoms with Crippen LogP contribution in [0.1, 0.15) is 38.8 Å². The first kappa shape index (κ1) is 19.9. The van der Waals surface area contributed by atoms with Crippen LogP contribution in [0.25, 0.3) is 0 Å². The van der Waals surface area contributed by atoms with Crippen LogP contribution in [0.5, 0.6) is 0 Å². The molecule has 26 heavy (non-hydrogen) atoms. The van der Waals surface area contributed by atoms with E-state index in [2.05, 4.69) is 25.9 Å². The summed E-state index contributed by atoms with van der Waals surface area (Å²) in [5.41, 5.74) is 0.609. The number of aliphatic carboxylic acids is 1. The van der Waals surface area contributed by atoms with Crippen molar-refractivity contribution in [3.05, 3.63) is 18.2 Å². The topological polar surface area (TPSA) is 136 Å². The zero-order valence-electron chi connectivity index (χ0n) is 15.1. The van der Waals surface area contributed by atoms with Crippen LogP contribution in [0.4, 0.5) is 0 Å². The molecule has 144 valence electrons. The second-order valence-electron chi connectivity index (χ2n) is 7.02. The molecule has 2 rings (SSSR count). The Morgan fingerprint density at radius 1 is 1.31 bits per heavy atom. The Balaban J connectivity index is 2.01. The predicted octanol–water partition coefficient (Wildman–Crippen LogP) is -0.195. The minimum atomic E-state index is -1.14. The van der Waals surface area contributed by atoms with Crippen molar-refractivity contribution in [3.63, 3.8) is 0 Å². The average Bonchev–Trinajstić information content (AvgIpc) is 3.26.